The average molecular weight is 488 g/mol. The molecule has 5 rings (SSSR count). The van der Waals surface area contributed by atoms with E-state index in [2.05, 4.69) is 5.32 Å². The lowest BCUT2D eigenvalue weighted by Gasteiger charge is -2.32. The number of amides is 2. The molecule has 7 nitrogen and oxygen atoms in total. The molecule has 0 spiro atoms. The van der Waals surface area contributed by atoms with Crippen molar-refractivity contribution in [1.29, 1.82) is 0 Å². The molecule has 186 valence electrons. The fourth-order valence-corrected chi connectivity index (χ4v) is 7.55. The SMILES string of the molecule is C[C@@H]1Cc2cc(S(=O)(=O)N3CCC(C(=O)NC4CCCCC4)CC3)ccc2N1C(=O)C1CCC1. The normalized spacial score (nSPS) is 25.1. The number of nitrogens with one attached hydrogen (secondary N) is 1. The van der Waals surface area contributed by atoms with Crippen molar-refractivity contribution in [3.63, 3.8) is 0 Å². The van der Waals surface area contributed by atoms with Gasteiger partial charge in [0, 0.05) is 42.7 Å². The van der Waals surface area contributed by atoms with Crippen LogP contribution in [0.4, 0.5) is 5.69 Å². The van der Waals surface area contributed by atoms with Gasteiger partial charge in [-0.2, -0.15) is 4.31 Å². The fourth-order valence-electron chi connectivity index (χ4n) is 6.03. The number of anilines is 1. The van der Waals surface area contributed by atoms with E-state index in [1.54, 1.807) is 12.1 Å². The van der Waals surface area contributed by atoms with Gasteiger partial charge < -0.3 is 10.2 Å². The number of hydrogen-bond donors (Lipinski definition) is 1. The number of piperidine rings is 1. The van der Waals surface area contributed by atoms with Crippen LogP contribution in [-0.4, -0.2) is 49.7 Å². The van der Waals surface area contributed by atoms with Crippen molar-refractivity contribution in [1.82, 2.24) is 9.62 Å². The van der Waals surface area contributed by atoms with Gasteiger partial charge in [-0.1, -0.05) is 25.7 Å². The predicted octanol–water partition coefficient (Wildman–Crippen LogP) is 3.61. The highest BCUT2D eigenvalue weighted by atomic mass is 32.2. The van der Waals surface area contributed by atoms with Gasteiger partial charge in [0.2, 0.25) is 21.8 Å². The van der Waals surface area contributed by atoms with Crippen molar-refractivity contribution < 1.29 is 18.0 Å². The summed E-state index contributed by atoms with van der Waals surface area (Å²) in [6, 6.07) is 5.56. The molecule has 1 aromatic rings. The zero-order valence-electron chi connectivity index (χ0n) is 20.2. The molecular formula is C26H37N3O4S. The van der Waals surface area contributed by atoms with Crippen LogP contribution in [0.2, 0.25) is 0 Å². The Morgan fingerprint density at radius 2 is 1.62 bits per heavy atom. The third-order valence-electron chi connectivity index (χ3n) is 8.37. The number of sulfonamides is 1. The molecule has 2 aliphatic carbocycles. The van der Waals surface area contributed by atoms with E-state index in [0.717, 1.165) is 43.4 Å². The van der Waals surface area contributed by atoms with Crippen molar-refractivity contribution in [3.8, 4) is 0 Å². The molecule has 8 heteroatoms. The molecule has 2 heterocycles. The lowest BCUT2D eigenvalue weighted by molar-refractivity contribution is -0.127. The zero-order valence-corrected chi connectivity index (χ0v) is 21.0. The first-order valence-corrected chi connectivity index (χ1v) is 14.5. The van der Waals surface area contributed by atoms with E-state index >= 15 is 0 Å². The largest absolute Gasteiger partial charge is 0.353 e. The van der Waals surface area contributed by atoms with Crippen LogP contribution in [0.15, 0.2) is 23.1 Å². The smallest absolute Gasteiger partial charge is 0.243 e. The lowest BCUT2D eigenvalue weighted by atomic mass is 9.84. The molecular weight excluding hydrogens is 450 g/mol. The van der Waals surface area contributed by atoms with E-state index in [4.69, 9.17) is 0 Å². The van der Waals surface area contributed by atoms with E-state index in [9.17, 15) is 18.0 Å². The highest BCUT2D eigenvalue weighted by molar-refractivity contribution is 7.89. The second-order valence-corrected chi connectivity index (χ2v) is 12.6. The summed E-state index contributed by atoms with van der Waals surface area (Å²) in [6.07, 6.45) is 10.5. The van der Waals surface area contributed by atoms with Gasteiger partial charge in [0.15, 0.2) is 0 Å². The van der Waals surface area contributed by atoms with Gasteiger partial charge in [0.25, 0.3) is 0 Å². The summed E-state index contributed by atoms with van der Waals surface area (Å²) in [6.45, 7) is 2.77. The number of nitrogens with zero attached hydrogens (tertiary/aromatic N) is 2. The Kier molecular flexibility index (Phi) is 6.73. The Labute approximate surface area is 203 Å². The number of rotatable bonds is 5. The minimum Gasteiger partial charge on any atom is -0.353 e. The number of benzene rings is 1. The van der Waals surface area contributed by atoms with Crippen LogP contribution in [0, 0.1) is 11.8 Å². The van der Waals surface area contributed by atoms with E-state index in [0.29, 0.717) is 37.2 Å². The molecule has 0 unspecified atom stereocenters. The molecule has 2 aliphatic heterocycles. The average Bonchev–Trinajstić information content (AvgIpc) is 3.13. The van der Waals surface area contributed by atoms with Crippen LogP contribution in [-0.2, 0) is 26.0 Å². The molecule has 3 fully saturated rings. The molecule has 0 bridgehead atoms. The first-order chi connectivity index (χ1) is 16.3. The standard InChI is InChI=1S/C26H37N3O4S/c1-18-16-21-17-23(10-11-24(21)29(18)26(31)20-6-5-7-20)34(32,33)28-14-12-19(13-15-28)25(30)27-22-8-3-2-4-9-22/h10-11,17-20,22H,2-9,12-16H2,1H3,(H,27,30)/t18-/m1/s1. The van der Waals surface area contributed by atoms with Gasteiger partial charge in [-0.05, 0) is 75.6 Å². The van der Waals surface area contributed by atoms with Crippen LogP contribution in [0.5, 0.6) is 0 Å². The highest BCUT2D eigenvalue weighted by Crippen LogP contribution is 2.38. The zero-order chi connectivity index (χ0) is 23.9. The fraction of sp³-hybridized carbons (Fsp3) is 0.692. The Hall–Kier alpha value is -1.93. The lowest BCUT2D eigenvalue weighted by Crippen LogP contribution is -2.45. The maximum absolute atomic E-state index is 13.4. The summed E-state index contributed by atoms with van der Waals surface area (Å²) in [7, 11) is -3.63. The molecule has 2 saturated carbocycles. The van der Waals surface area contributed by atoms with Crippen molar-refractivity contribution in [2.24, 2.45) is 11.8 Å². The molecule has 1 saturated heterocycles. The maximum atomic E-state index is 13.4. The van der Waals surface area contributed by atoms with Crippen LogP contribution in [0.25, 0.3) is 0 Å². The van der Waals surface area contributed by atoms with E-state index in [1.807, 2.05) is 17.9 Å². The maximum Gasteiger partial charge on any atom is 0.243 e. The number of carbonyl (C=O) groups is 2. The highest BCUT2D eigenvalue weighted by Gasteiger charge is 2.38. The van der Waals surface area contributed by atoms with Crippen molar-refractivity contribution in [3.05, 3.63) is 23.8 Å². The van der Waals surface area contributed by atoms with Gasteiger partial charge in [-0.15, -0.1) is 0 Å². The van der Waals surface area contributed by atoms with Gasteiger partial charge >= 0.3 is 0 Å². The van der Waals surface area contributed by atoms with Crippen molar-refractivity contribution >= 4 is 27.5 Å². The second-order valence-electron chi connectivity index (χ2n) is 10.7. The van der Waals surface area contributed by atoms with Gasteiger partial charge in [-0.25, -0.2) is 8.42 Å². The third kappa shape index (κ3) is 4.51. The summed E-state index contributed by atoms with van der Waals surface area (Å²) >= 11 is 0. The van der Waals surface area contributed by atoms with Crippen LogP contribution >= 0.6 is 0 Å². The Bertz CT molecular complexity index is 1040. The Morgan fingerprint density at radius 3 is 2.26 bits per heavy atom. The number of hydrogen-bond acceptors (Lipinski definition) is 4. The molecule has 34 heavy (non-hydrogen) atoms. The molecule has 1 aromatic carbocycles. The van der Waals surface area contributed by atoms with Crippen molar-refractivity contribution in [2.75, 3.05) is 18.0 Å². The van der Waals surface area contributed by atoms with Crippen LogP contribution in [0.3, 0.4) is 0 Å². The topological polar surface area (TPSA) is 86.8 Å². The quantitative estimate of drug-likeness (QED) is 0.687. The summed E-state index contributed by atoms with van der Waals surface area (Å²) in [4.78, 5) is 27.8. The molecule has 1 atom stereocenters. The van der Waals surface area contributed by atoms with E-state index in [-0.39, 0.29) is 35.7 Å². The molecule has 4 aliphatic rings. The first kappa shape index (κ1) is 23.8. The second kappa shape index (κ2) is 9.61. The van der Waals surface area contributed by atoms with Crippen molar-refractivity contribution in [2.45, 2.75) is 94.5 Å². The minimum atomic E-state index is -3.63. The monoisotopic (exact) mass is 487 g/mol. The van der Waals surface area contributed by atoms with E-state index < -0.39 is 10.0 Å². The summed E-state index contributed by atoms with van der Waals surface area (Å²) < 4.78 is 28.3. The number of carbonyl (C=O) groups excluding carboxylic acids is 2. The molecule has 0 aromatic heterocycles. The molecule has 1 N–H and O–H groups in total. The minimum absolute atomic E-state index is 0.0551. The summed E-state index contributed by atoms with van der Waals surface area (Å²) in [5.41, 5.74) is 1.80. The Morgan fingerprint density at radius 1 is 0.912 bits per heavy atom. The summed E-state index contributed by atoms with van der Waals surface area (Å²) in [5.74, 6) is 0.280. The van der Waals surface area contributed by atoms with Crippen LogP contribution < -0.4 is 10.2 Å². The van der Waals surface area contributed by atoms with Gasteiger partial charge in [0.1, 0.15) is 0 Å². The Balaban J connectivity index is 1.23. The number of fused-ring (bicyclic) bond motifs is 1. The van der Waals surface area contributed by atoms with Gasteiger partial charge in [0.05, 0.1) is 4.90 Å². The van der Waals surface area contributed by atoms with Crippen LogP contribution in [0.1, 0.15) is 76.7 Å². The summed E-state index contributed by atoms with van der Waals surface area (Å²) in [5, 5.41) is 3.20. The molecule has 0 radical (unpaired) electrons. The third-order valence-corrected chi connectivity index (χ3v) is 10.3. The first-order valence-electron chi connectivity index (χ1n) is 13.1. The van der Waals surface area contributed by atoms with Gasteiger partial charge in [-0.3, -0.25) is 9.59 Å². The van der Waals surface area contributed by atoms with E-state index in [1.165, 1.54) is 23.6 Å². The molecule has 2 amide bonds. The predicted molar refractivity (Wildman–Crippen MR) is 131 cm³/mol.